The molecule has 0 radical (unpaired) electrons. The largest absolute Gasteiger partial charge is 0.334 e. The minimum absolute atomic E-state index is 0.0304. The molecule has 9 heteroatoms. The van der Waals surface area contributed by atoms with Gasteiger partial charge in [-0.15, -0.1) is 0 Å². The number of fused-ring (bicyclic) bond motifs is 1. The van der Waals surface area contributed by atoms with Crippen molar-refractivity contribution in [3.8, 4) is 0 Å². The van der Waals surface area contributed by atoms with Crippen LogP contribution in [-0.2, 0) is 21.4 Å². The minimum atomic E-state index is -3.62. The fraction of sp³-hybridized carbons (Fsp3) is 0.250. The fourth-order valence-electron chi connectivity index (χ4n) is 3.80. The number of carbonyl (C=O) groups is 2. The summed E-state index contributed by atoms with van der Waals surface area (Å²) in [6.07, 6.45) is 0. The SMILES string of the molecule is O=C(CN1CCN(S(=O)(=O)c2ccc3ccccc3c2)CC1)NC(=O)NCc1ccccc1. The van der Waals surface area contributed by atoms with Gasteiger partial charge in [-0.25, -0.2) is 13.2 Å². The van der Waals surface area contributed by atoms with Crippen LogP contribution in [0.2, 0.25) is 0 Å². The quantitative estimate of drug-likeness (QED) is 0.580. The molecule has 0 spiro atoms. The lowest BCUT2D eigenvalue weighted by Crippen LogP contribution is -2.52. The van der Waals surface area contributed by atoms with Crippen molar-refractivity contribution in [3.05, 3.63) is 78.4 Å². The van der Waals surface area contributed by atoms with Gasteiger partial charge in [-0.05, 0) is 28.5 Å². The van der Waals surface area contributed by atoms with Crippen LogP contribution in [0.25, 0.3) is 10.8 Å². The zero-order valence-electron chi connectivity index (χ0n) is 18.1. The molecule has 1 fully saturated rings. The van der Waals surface area contributed by atoms with E-state index < -0.39 is 22.0 Å². The van der Waals surface area contributed by atoms with Crippen molar-refractivity contribution in [3.63, 3.8) is 0 Å². The van der Waals surface area contributed by atoms with E-state index in [2.05, 4.69) is 10.6 Å². The number of rotatable bonds is 6. The second-order valence-corrected chi connectivity index (χ2v) is 9.84. The van der Waals surface area contributed by atoms with E-state index >= 15 is 0 Å². The molecule has 1 heterocycles. The van der Waals surface area contributed by atoms with E-state index in [0.29, 0.717) is 19.6 Å². The number of amides is 3. The van der Waals surface area contributed by atoms with Crippen LogP contribution in [0.3, 0.4) is 0 Å². The highest BCUT2D eigenvalue weighted by molar-refractivity contribution is 7.89. The van der Waals surface area contributed by atoms with Crippen molar-refractivity contribution in [2.24, 2.45) is 0 Å². The van der Waals surface area contributed by atoms with Gasteiger partial charge in [0.25, 0.3) is 0 Å². The first-order valence-electron chi connectivity index (χ1n) is 10.7. The number of hydrogen-bond donors (Lipinski definition) is 2. The molecule has 1 saturated heterocycles. The Morgan fingerprint density at radius 3 is 2.21 bits per heavy atom. The van der Waals surface area contributed by atoms with Gasteiger partial charge in [-0.3, -0.25) is 15.0 Å². The van der Waals surface area contributed by atoms with Crippen molar-refractivity contribution in [2.75, 3.05) is 32.7 Å². The Balaban J connectivity index is 1.26. The molecule has 1 aliphatic rings. The van der Waals surface area contributed by atoms with Crippen molar-refractivity contribution >= 4 is 32.7 Å². The molecule has 3 amide bonds. The maximum absolute atomic E-state index is 13.1. The van der Waals surface area contributed by atoms with Crippen LogP contribution in [-0.4, -0.2) is 62.3 Å². The number of benzene rings is 3. The molecule has 0 atom stereocenters. The Hall–Kier alpha value is -3.27. The number of nitrogens with zero attached hydrogens (tertiary/aromatic N) is 2. The van der Waals surface area contributed by atoms with E-state index in [1.807, 2.05) is 65.6 Å². The average Bonchev–Trinajstić information content (AvgIpc) is 2.83. The lowest BCUT2D eigenvalue weighted by atomic mass is 10.1. The highest BCUT2D eigenvalue weighted by atomic mass is 32.2. The number of carbonyl (C=O) groups excluding carboxylic acids is 2. The lowest BCUT2D eigenvalue weighted by Gasteiger charge is -2.33. The van der Waals surface area contributed by atoms with Crippen LogP contribution in [0.1, 0.15) is 5.56 Å². The molecular weight excluding hydrogens is 440 g/mol. The predicted molar refractivity (Wildman–Crippen MR) is 126 cm³/mol. The Labute approximate surface area is 193 Å². The Morgan fingerprint density at radius 2 is 1.48 bits per heavy atom. The van der Waals surface area contributed by atoms with Gasteiger partial charge in [0.15, 0.2) is 0 Å². The van der Waals surface area contributed by atoms with Crippen molar-refractivity contribution in [1.29, 1.82) is 0 Å². The van der Waals surface area contributed by atoms with Crippen LogP contribution < -0.4 is 10.6 Å². The number of piperazine rings is 1. The van der Waals surface area contributed by atoms with Crippen LogP contribution in [0.15, 0.2) is 77.7 Å². The van der Waals surface area contributed by atoms with Gasteiger partial charge in [-0.1, -0.05) is 60.7 Å². The molecule has 0 aromatic heterocycles. The molecule has 33 heavy (non-hydrogen) atoms. The highest BCUT2D eigenvalue weighted by Gasteiger charge is 2.29. The van der Waals surface area contributed by atoms with Gasteiger partial charge in [0.2, 0.25) is 15.9 Å². The summed E-state index contributed by atoms with van der Waals surface area (Å²) in [5.74, 6) is -0.425. The third-order valence-corrected chi connectivity index (χ3v) is 7.50. The van der Waals surface area contributed by atoms with Crippen molar-refractivity contribution in [1.82, 2.24) is 19.8 Å². The van der Waals surface area contributed by atoms with Gasteiger partial charge in [0.1, 0.15) is 0 Å². The number of imide groups is 1. The molecule has 0 aliphatic carbocycles. The highest BCUT2D eigenvalue weighted by Crippen LogP contribution is 2.22. The predicted octanol–water partition coefficient (Wildman–Crippen LogP) is 2.17. The first-order chi connectivity index (χ1) is 15.9. The van der Waals surface area contributed by atoms with E-state index in [1.165, 1.54) is 4.31 Å². The smallest absolute Gasteiger partial charge is 0.321 e. The van der Waals surface area contributed by atoms with Crippen molar-refractivity contribution < 1.29 is 18.0 Å². The van der Waals surface area contributed by atoms with E-state index in [0.717, 1.165) is 16.3 Å². The summed E-state index contributed by atoms with van der Waals surface area (Å²) < 4.78 is 27.6. The Morgan fingerprint density at radius 1 is 0.818 bits per heavy atom. The Bertz CT molecular complexity index is 1240. The monoisotopic (exact) mass is 466 g/mol. The van der Waals surface area contributed by atoms with E-state index in [1.54, 1.807) is 12.1 Å². The van der Waals surface area contributed by atoms with Crippen LogP contribution >= 0.6 is 0 Å². The maximum atomic E-state index is 13.1. The zero-order chi connectivity index (χ0) is 23.3. The third-order valence-electron chi connectivity index (χ3n) is 5.61. The molecular formula is C24H26N4O4S. The summed E-state index contributed by atoms with van der Waals surface area (Å²) in [6.45, 7) is 1.73. The lowest BCUT2D eigenvalue weighted by molar-refractivity contribution is -0.121. The number of hydrogen-bond acceptors (Lipinski definition) is 5. The standard InChI is InChI=1S/C24H26N4O4S/c29-23(26-24(30)25-17-19-6-2-1-3-7-19)18-27-12-14-28(15-13-27)33(31,32)22-11-10-20-8-4-5-9-21(20)16-22/h1-11,16H,12-15,17-18H2,(H2,25,26,29,30). The van der Waals surface area contributed by atoms with Gasteiger partial charge in [-0.2, -0.15) is 4.31 Å². The minimum Gasteiger partial charge on any atom is -0.334 e. The fourth-order valence-corrected chi connectivity index (χ4v) is 5.25. The molecule has 0 bridgehead atoms. The van der Waals surface area contributed by atoms with E-state index in [-0.39, 0.29) is 24.5 Å². The number of nitrogens with one attached hydrogen (secondary N) is 2. The Kier molecular flexibility index (Phi) is 7.02. The molecule has 2 N–H and O–H groups in total. The summed E-state index contributed by atoms with van der Waals surface area (Å²) >= 11 is 0. The molecule has 4 rings (SSSR count). The van der Waals surface area contributed by atoms with Crippen LogP contribution in [0, 0.1) is 0 Å². The maximum Gasteiger partial charge on any atom is 0.321 e. The molecule has 172 valence electrons. The van der Waals surface area contributed by atoms with Gasteiger partial charge >= 0.3 is 6.03 Å². The normalized spacial score (nSPS) is 15.3. The summed E-state index contributed by atoms with van der Waals surface area (Å²) in [5.41, 5.74) is 0.934. The molecule has 3 aromatic carbocycles. The summed E-state index contributed by atoms with van der Waals surface area (Å²) in [7, 11) is -3.62. The third kappa shape index (κ3) is 5.75. The molecule has 1 aliphatic heterocycles. The van der Waals surface area contributed by atoms with Crippen molar-refractivity contribution in [2.45, 2.75) is 11.4 Å². The first kappa shape index (κ1) is 22.9. The molecule has 0 saturated carbocycles. The van der Waals surface area contributed by atoms with Crippen LogP contribution in [0.4, 0.5) is 4.79 Å². The second kappa shape index (κ2) is 10.1. The topological polar surface area (TPSA) is 98.8 Å². The van der Waals surface area contributed by atoms with E-state index in [9.17, 15) is 18.0 Å². The molecule has 0 unspecified atom stereocenters. The van der Waals surface area contributed by atoms with Crippen LogP contribution in [0.5, 0.6) is 0 Å². The van der Waals surface area contributed by atoms with E-state index in [4.69, 9.17) is 0 Å². The van der Waals surface area contributed by atoms with Gasteiger partial charge in [0, 0.05) is 32.7 Å². The summed E-state index contributed by atoms with van der Waals surface area (Å²) in [5, 5.41) is 6.83. The number of urea groups is 1. The molecule has 3 aromatic rings. The number of sulfonamides is 1. The summed E-state index contributed by atoms with van der Waals surface area (Å²) in [4.78, 5) is 26.3. The average molecular weight is 467 g/mol. The summed E-state index contributed by atoms with van der Waals surface area (Å²) in [6, 6.07) is 21.6. The second-order valence-electron chi connectivity index (χ2n) is 7.91. The molecule has 8 nitrogen and oxygen atoms in total. The zero-order valence-corrected chi connectivity index (χ0v) is 18.9. The van der Waals surface area contributed by atoms with Gasteiger partial charge in [0.05, 0.1) is 11.4 Å². The van der Waals surface area contributed by atoms with Gasteiger partial charge < -0.3 is 5.32 Å². The first-order valence-corrected chi connectivity index (χ1v) is 12.2.